The van der Waals surface area contributed by atoms with Crippen LogP contribution < -0.4 is 15.0 Å². The third-order valence-corrected chi connectivity index (χ3v) is 4.68. The molecular weight excluding hydrogens is 352 g/mol. The second kappa shape index (κ2) is 9.80. The normalized spacial score (nSPS) is 15.7. The predicted molar refractivity (Wildman–Crippen MR) is 115 cm³/mol. The van der Waals surface area contributed by atoms with Crippen molar-refractivity contribution in [2.75, 3.05) is 41.5 Å². The van der Waals surface area contributed by atoms with E-state index >= 15 is 0 Å². The lowest BCUT2D eigenvalue weighted by atomic mass is 9.78. The Balaban J connectivity index is 2.12. The Morgan fingerprint density at radius 2 is 1.89 bits per heavy atom. The Morgan fingerprint density at radius 1 is 1.18 bits per heavy atom. The first-order chi connectivity index (χ1) is 13.3. The van der Waals surface area contributed by atoms with E-state index in [4.69, 9.17) is 14.3 Å². The molecule has 0 saturated carbocycles. The number of nitrogens with zero attached hydrogens (tertiary/aromatic N) is 1. The molecule has 5 nitrogen and oxygen atoms in total. The van der Waals surface area contributed by atoms with Crippen LogP contribution in [0.1, 0.15) is 32.3 Å². The van der Waals surface area contributed by atoms with Crippen molar-refractivity contribution in [1.82, 2.24) is 10.4 Å². The molecule has 0 fully saturated rings. The van der Waals surface area contributed by atoms with Crippen LogP contribution in [0.4, 0.5) is 0 Å². The summed E-state index contributed by atoms with van der Waals surface area (Å²) in [4.78, 5) is 7.81. The van der Waals surface area contributed by atoms with Crippen molar-refractivity contribution in [2.45, 2.75) is 26.7 Å². The van der Waals surface area contributed by atoms with Gasteiger partial charge in [-0.1, -0.05) is 32.6 Å². The third-order valence-electron chi connectivity index (χ3n) is 4.68. The predicted octanol–water partition coefficient (Wildman–Crippen LogP) is 4.43. The van der Waals surface area contributed by atoms with E-state index in [1.54, 1.807) is 14.2 Å². The van der Waals surface area contributed by atoms with E-state index in [0.29, 0.717) is 18.1 Å². The number of hydrogen-bond acceptors (Lipinski definition) is 5. The molecule has 154 valence electrons. The lowest BCUT2D eigenvalue weighted by molar-refractivity contribution is 0.0588. The molecule has 0 unspecified atom stereocenters. The summed E-state index contributed by atoms with van der Waals surface area (Å²) in [7, 11) is 7.41. The second-order valence-corrected chi connectivity index (χ2v) is 8.09. The van der Waals surface area contributed by atoms with Gasteiger partial charge in [-0.25, -0.2) is 0 Å². The topological polar surface area (TPSA) is 43.0 Å². The van der Waals surface area contributed by atoms with Crippen LogP contribution in [0.3, 0.4) is 0 Å². The van der Waals surface area contributed by atoms with E-state index in [0.717, 1.165) is 36.2 Å². The van der Waals surface area contributed by atoms with Crippen molar-refractivity contribution in [3.63, 3.8) is 0 Å². The zero-order valence-electron chi connectivity index (χ0n) is 18.1. The van der Waals surface area contributed by atoms with Gasteiger partial charge < -0.3 is 14.4 Å². The first-order valence-corrected chi connectivity index (χ1v) is 9.63. The van der Waals surface area contributed by atoms with Gasteiger partial charge in [-0.2, -0.15) is 0 Å². The first kappa shape index (κ1) is 22.1. The number of ether oxygens (including phenoxy) is 2. The molecule has 0 aromatic heterocycles. The molecule has 0 amide bonds. The van der Waals surface area contributed by atoms with Crippen LogP contribution in [0, 0.1) is 5.41 Å². The third kappa shape index (κ3) is 6.14. The summed E-state index contributed by atoms with van der Waals surface area (Å²) in [6, 6.07) is 5.90. The summed E-state index contributed by atoms with van der Waals surface area (Å²) in [6.07, 6.45) is 6.22. The highest BCUT2D eigenvalue weighted by molar-refractivity contribution is 5.79. The van der Waals surface area contributed by atoms with E-state index in [9.17, 15) is 0 Å². The Morgan fingerprint density at radius 3 is 2.54 bits per heavy atom. The van der Waals surface area contributed by atoms with Crippen LogP contribution in [0.5, 0.6) is 11.5 Å². The molecule has 1 aliphatic carbocycles. The minimum Gasteiger partial charge on any atom is -0.493 e. The highest BCUT2D eigenvalue weighted by Gasteiger charge is 2.24. The molecule has 0 spiro atoms. The van der Waals surface area contributed by atoms with Gasteiger partial charge in [-0.3, -0.25) is 10.3 Å². The fraction of sp³-hybridized carbons (Fsp3) is 0.478. The highest BCUT2D eigenvalue weighted by Crippen LogP contribution is 2.39. The maximum Gasteiger partial charge on any atom is 0.161 e. The van der Waals surface area contributed by atoms with Crippen molar-refractivity contribution in [3.05, 3.63) is 53.8 Å². The van der Waals surface area contributed by atoms with Crippen molar-refractivity contribution >= 4 is 5.57 Å². The summed E-state index contributed by atoms with van der Waals surface area (Å²) >= 11 is 0. The SMILES string of the molecule is C=C(C1=CC(NOCCCN(C)C)=CC(C)(C)C1)c1ccc(OC)c(OC)c1. The van der Waals surface area contributed by atoms with E-state index in [-0.39, 0.29) is 5.41 Å². The molecule has 5 heteroatoms. The number of hydroxylamine groups is 1. The minimum absolute atomic E-state index is 0.0128. The van der Waals surface area contributed by atoms with Gasteiger partial charge in [0.2, 0.25) is 0 Å². The standard InChI is InChI=1S/C23H34N2O3/c1-17(18-9-10-21(26-6)22(14-18)27-7)19-13-20(16-23(2,3)15-19)24-28-12-8-11-25(4)5/h9-10,13-14,16,24H,1,8,11-12,15H2,2-7H3. The molecule has 1 aromatic carbocycles. The number of hydrogen-bond donors (Lipinski definition) is 1. The fourth-order valence-electron chi connectivity index (χ4n) is 3.29. The van der Waals surface area contributed by atoms with Gasteiger partial charge in [0.1, 0.15) is 0 Å². The zero-order chi connectivity index (χ0) is 20.7. The lowest BCUT2D eigenvalue weighted by Crippen LogP contribution is -2.23. The Kier molecular flexibility index (Phi) is 7.72. The first-order valence-electron chi connectivity index (χ1n) is 9.63. The maximum absolute atomic E-state index is 5.66. The smallest absolute Gasteiger partial charge is 0.161 e. The van der Waals surface area contributed by atoms with Gasteiger partial charge in [0.15, 0.2) is 11.5 Å². The summed E-state index contributed by atoms with van der Waals surface area (Å²) < 4.78 is 10.8. The molecule has 0 bridgehead atoms. The molecule has 1 N–H and O–H groups in total. The van der Waals surface area contributed by atoms with Crippen molar-refractivity contribution < 1.29 is 14.3 Å². The molecule has 0 aliphatic heterocycles. The van der Waals surface area contributed by atoms with Crippen LogP contribution >= 0.6 is 0 Å². The van der Waals surface area contributed by atoms with Crippen molar-refractivity contribution in [3.8, 4) is 11.5 Å². The molecule has 0 atom stereocenters. The number of methoxy groups -OCH3 is 2. The second-order valence-electron chi connectivity index (χ2n) is 8.09. The number of allylic oxidation sites excluding steroid dienone is 4. The molecular formula is C23H34N2O3. The van der Waals surface area contributed by atoms with Crippen LogP contribution in [0.15, 0.2) is 48.2 Å². The summed E-state index contributed by atoms with van der Waals surface area (Å²) in [5.74, 6) is 1.42. The monoisotopic (exact) mass is 386 g/mol. The van der Waals surface area contributed by atoms with Crippen molar-refractivity contribution in [1.29, 1.82) is 0 Å². The van der Waals surface area contributed by atoms with E-state index < -0.39 is 0 Å². The van der Waals surface area contributed by atoms with Gasteiger partial charge in [-0.15, -0.1) is 0 Å². The van der Waals surface area contributed by atoms with Crippen LogP contribution in [-0.2, 0) is 4.84 Å². The number of rotatable bonds is 10. The summed E-state index contributed by atoms with van der Waals surface area (Å²) in [5.41, 5.74) is 7.27. The van der Waals surface area contributed by atoms with Gasteiger partial charge in [0.05, 0.1) is 26.5 Å². The van der Waals surface area contributed by atoms with Crippen LogP contribution in [0.2, 0.25) is 0 Å². The molecule has 0 heterocycles. The number of benzene rings is 1. The average molecular weight is 387 g/mol. The minimum atomic E-state index is 0.0128. The zero-order valence-corrected chi connectivity index (χ0v) is 18.1. The molecule has 28 heavy (non-hydrogen) atoms. The van der Waals surface area contributed by atoms with Gasteiger partial charge in [0, 0.05) is 0 Å². The van der Waals surface area contributed by atoms with E-state index in [1.807, 2.05) is 18.2 Å². The molecule has 0 radical (unpaired) electrons. The van der Waals surface area contributed by atoms with E-state index in [1.165, 1.54) is 5.57 Å². The Labute approximate surface area is 169 Å². The summed E-state index contributed by atoms with van der Waals surface area (Å²) in [6.45, 7) is 10.4. The van der Waals surface area contributed by atoms with Crippen LogP contribution in [-0.4, -0.2) is 46.4 Å². The summed E-state index contributed by atoms with van der Waals surface area (Å²) in [5, 5.41) is 0. The van der Waals surface area contributed by atoms with Gasteiger partial charge in [0.25, 0.3) is 0 Å². The number of nitrogens with one attached hydrogen (secondary N) is 1. The largest absolute Gasteiger partial charge is 0.493 e. The van der Waals surface area contributed by atoms with Crippen molar-refractivity contribution in [2.24, 2.45) is 5.41 Å². The average Bonchev–Trinajstić information content (AvgIpc) is 2.65. The van der Waals surface area contributed by atoms with Crippen LogP contribution in [0.25, 0.3) is 5.57 Å². The van der Waals surface area contributed by atoms with Gasteiger partial charge >= 0.3 is 0 Å². The van der Waals surface area contributed by atoms with E-state index in [2.05, 4.69) is 57.1 Å². The fourth-order valence-corrected chi connectivity index (χ4v) is 3.29. The Bertz CT molecular complexity index is 748. The van der Waals surface area contributed by atoms with Gasteiger partial charge in [-0.05, 0) is 73.8 Å². The molecule has 1 aromatic rings. The Hall–Kier alpha value is -2.24. The lowest BCUT2D eigenvalue weighted by Gasteiger charge is -2.29. The molecule has 2 rings (SSSR count). The quantitative estimate of drug-likeness (QED) is 0.476. The highest BCUT2D eigenvalue weighted by atomic mass is 16.6. The maximum atomic E-state index is 5.66. The molecule has 1 aliphatic rings. The molecule has 0 saturated heterocycles.